The third kappa shape index (κ3) is 4.13. The summed E-state index contributed by atoms with van der Waals surface area (Å²) in [7, 11) is 0. The number of nitriles is 2. The van der Waals surface area contributed by atoms with Crippen molar-refractivity contribution in [2.24, 2.45) is 0 Å². The first-order valence-electron chi connectivity index (χ1n) is 10.6. The van der Waals surface area contributed by atoms with Crippen LogP contribution in [0.4, 0.5) is 0 Å². The molecule has 6 nitrogen and oxygen atoms in total. The van der Waals surface area contributed by atoms with Crippen molar-refractivity contribution in [2.75, 3.05) is 0 Å². The number of rotatable bonds is 5. The zero-order valence-electron chi connectivity index (χ0n) is 18.2. The Hall–Kier alpha value is -4.06. The van der Waals surface area contributed by atoms with Gasteiger partial charge in [0.15, 0.2) is 0 Å². The lowest BCUT2D eigenvalue weighted by Gasteiger charge is -1.99. The summed E-state index contributed by atoms with van der Waals surface area (Å²) in [5.41, 5.74) is 5.78. The van der Waals surface area contributed by atoms with Gasteiger partial charge in [-0.2, -0.15) is 28.0 Å². The molecule has 0 bridgehead atoms. The Labute approximate surface area is 222 Å². The number of hydrogen-bond donors (Lipinski definition) is 0. The van der Waals surface area contributed by atoms with Crippen molar-refractivity contribution in [3.63, 3.8) is 0 Å². The van der Waals surface area contributed by atoms with Crippen LogP contribution in [0.5, 0.6) is 0 Å². The Morgan fingerprint density at radius 3 is 1.53 bits per heavy atom. The van der Waals surface area contributed by atoms with Gasteiger partial charge in [0.05, 0.1) is 46.7 Å². The smallest absolute Gasteiger partial charge is 0.113 e. The summed E-state index contributed by atoms with van der Waals surface area (Å²) >= 11 is 5.53. The van der Waals surface area contributed by atoms with Crippen LogP contribution in [0.25, 0.3) is 55.1 Å². The highest BCUT2D eigenvalue weighted by atomic mass is 32.1. The van der Waals surface area contributed by atoms with Gasteiger partial charge in [-0.05, 0) is 48.6 Å². The highest BCUT2D eigenvalue weighted by molar-refractivity contribution is 7.23. The molecule has 36 heavy (non-hydrogen) atoms. The van der Waals surface area contributed by atoms with Crippen LogP contribution in [0.15, 0.2) is 60.7 Å². The zero-order valence-corrected chi connectivity index (χ0v) is 21.5. The number of fused-ring (bicyclic) bond motifs is 2. The summed E-state index contributed by atoms with van der Waals surface area (Å²) in [6, 6.07) is 24.2. The van der Waals surface area contributed by atoms with Crippen LogP contribution in [0.1, 0.15) is 20.9 Å². The summed E-state index contributed by atoms with van der Waals surface area (Å²) in [6.45, 7) is 0. The van der Waals surface area contributed by atoms with E-state index in [1.54, 1.807) is 22.7 Å². The van der Waals surface area contributed by atoms with E-state index in [1.165, 1.54) is 0 Å². The fourth-order valence-corrected chi connectivity index (χ4v) is 6.89. The molecule has 0 unspecified atom stereocenters. The first-order valence-corrected chi connectivity index (χ1v) is 13.7. The second kappa shape index (κ2) is 9.53. The van der Waals surface area contributed by atoms with Gasteiger partial charge in [0.2, 0.25) is 0 Å². The lowest BCUT2D eigenvalue weighted by molar-refractivity contribution is 1.52. The summed E-state index contributed by atoms with van der Waals surface area (Å²) in [6.07, 6.45) is 3.79. The third-order valence-corrected chi connectivity index (χ3v) is 8.81. The van der Waals surface area contributed by atoms with Crippen molar-refractivity contribution in [3.8, 4) is 21.9 Å². The molecule has 2 aromatic carbocycles. The topological polar surface area (TPSA) is 99.1 Å². The quantitative estimate of drug-likeness (QED) is 0.210. The molecular formula is C26H12N6S4. The van der Waals surface area contributed by atoms with E-state index < -0.39 is 0 Å². The number of aromatic nitrogens is 4. The van der Waals surface area contributed by atoms with Gasteiger partial charge in [0.1, 0.15) is 22.1 Å². The minimum atomic E-state index is 0.556. The molecule has 4 aromatic heterocycles. The van der Waals surface area contributed by atoms with E-state index in [-0.39, 0.29) is 0 Å². The number of hydrogen-bond acceptors (Lipinski definition) is 10. The molecule has 0 saturated carbocycles. The van der Waals surface area contributed by atoms with E-state index in [1.807, 2.05) is 60.7 Å². The second-order valence-electron chi connectivity index (χ2n) is 7.62. The van der Waals surface area contributed by atoms with Crippen LogP contribution in [-0.4, -0.2) is 17.5 Å². The Bertz CT molecular complexity index is 1750. The van der Waals surface area contributed by atoms with E-state index in [2.05, 4.69) is 41.8 Å². The molecule has 0 radical (unpaired) electrons. The minimum absolute atomic E-state index is 0.556. The van der Waals surface area contributed by atoms with Gasteiger partial charge in [-0.25, -0.2) is 0 Å². The lowest BCUT2D eigenvalue weighted by Crippen LogP contribution is -1.84. The maximum Gasteiger partial charge on any atom is 0.113 e. The number of allylic oxidation sites excluding steroid dienone is 2. The molecule has 10 heteroatoms. The van der Waals surface area contributed by atoms with Crippen molar-refractivity contribution in [1.82, 2.24) is 17.5 Å². The first kappa shape index (κ1) is 22.4. The highest BCUT2D eigenvalue weighted by Crippen LogP contribution is 2.37. The second-order valence-corrected chi connectivity index (χ2v) is 10.9. The number of thiophene rings is 2. The van der Waals surface area contributed by atoms with Gasteiger partial charge >= 0.3 is 0 Å². The lowest BCUT2D eigenvalue weighted by atomic mass is 10.0. The molecule has 0 spiro atoms. The van der Waals surface area contributed by atoms with Crippen molar-refractivity contribution in [2.45, 2.75) is 0 Å². The fraction of sp³-hybridized carbons (Fsp3) is 0. The Balaban J connectivity index is 1.30. The molecule has 0 aliphatic rings. The van der Waals surface area contributed by atoms with Crippen LogP contribution in [0.3, 0.4) is 0 Å². The predicted octanol–water partition coefficient (Wildman–Crippen LogP) is 7.61. The average Bonchev–Trinajstić information content (AvgIpc) is 3.72. The summed E-state index contributed by atoms with van der Waals surface area (Å²) in [5, 5.41) is 19.6. The summed E-state index contributed by atoms with van der Waals surface area (Å²) in [5.74, 6) is 0. The largest absolute Gasteiger partial charge is 0.192 e. The van der Waals surface area contributed by atoms with Crippen LogP contribution < -0.4 is 0 Å². The van der Waals surface area contributed by atoms with Crippen molar-refractivity contribution in [3.05, 3.63) is 81.5 Å². The van der Waals surface area contributed by atoms with Crippen molar-refractivity contribution in [1.29, 1.82) is 10.5 Å². The standard InChI is InChI=1S/C26H12N6S4/c27-13-15(19-3-1-5-21-25(19)31-35-29-21)11-17-7-9-23(33-17)24-10-8-18(34-24)12-16(14-28)20-4-2-6-22-26(20)32-36-30-22/h1-12H/b15-11+,16-12+. The monoisotopic (exact) mass is 536 g/mol. The molecule has 0 aliphatic carbocycles. The van der Waals surface area contributed by atoms with Gasteiger partial charge in [0.25, 0.3) is 0 Å². The van der Waals surface area contributed by atoms with Crippen LogP contribution in [0.2, 0.25) is 0 Å². The summed E-state index contributed by atoms with van der Waals surface area (Å²) in [4.78, 5) is 4.15. The van der Waals surface area contributed by atoms with E-state index in [0.717, 1.165) is 76.2 Å². The Morgan fingerprint density at radius 2 is 1.08 bits per heavy atom. The van der Waals surface area contributed by atoms with Gasteiger partial charge < -0.3 is 0 Å². The average molecular weight is 537 g/mol. The molecule has 0 amide bonds. The van der Waals surface area contributed by atoms with Crippen LogP contribution >= 0.6 is 46.1 Å². The van der Waals surface area contributed by atoms with E-state index in [9.17, 15) is 10.5 Å². The van der Waals surface area contributed by atoms with Crippen LogP contribution in [-0.2, 0) is 0 Å². The molecule has 0 fully saturated rings. The van der Waals surface area contributed by atoms with Crippen molar-refractivity contribution >= 4 is 91.5 Å². The van der Waals surface area contributed by atoms with Gasteiger partial charge in [-0.3, -0.25) is 0 Å². The fourth-order valence-electron chi connectivity index (χ4n) is 3.80. The first-order chi connectivity index (χ1) is 17.7. The SMILES string of the molecule is N#C/C(=C\c1ccc(-c2ccc(/C=C(\C#N)c3cccc4nsnc34)s2)s1)c1cccc2nsnc12. The number of benzene rings is 2. The molecule has 0 saturated heterocycles. The normalized spacial score (nSPS) is 12.2. The molecule has 170 valence electrons. The number of nitrogens with zero attached hydrogens (tertiary/aromatic N) is 6. The Morgan fingerprint density at radius 1 is 0.611 bits per heavy atom. The van der Waals surface area contributed by atoms with E-state index in [0.29, 0.717) is 11.1 Å². The van der Waals surface area contributed by atoms with E-state index >= 15 is 0 Å². The summed E-state index contributed by atoms with van der Waals surface area (Å²) < 4.78 is 17.3. The molecule has 0 N–H and O–H groups in total. The van der Waals surface area contributed by atoms with E-state index in [4.69, 9.17) is 0 Å². The molecule has 4 heterocycles. The zero-order chi connectivity index (χ0) is 24.5. The molecule has 6 aromatic rings. The highest BCUT2D eigenvalue weighted by Gasteiger charge is 2.13. The van der Waals surface area contributed by atoms with Gasteiger partial charge in [-0.1, -0.05) is 24.3 Å². The maximum atomic E-state index is 9.82. The van der Waals surface area contributed by atoms with Crippen LogP contribution in [0, 0.1) is 22.7 Å². The predicted molar refractivity (Wildman–Crippen MR) is 149 cm³/mol. The molecule has 0 aliphatic heterocycles. The minimum Gasteiger partial charge on any atom is -0.192 e. The molecular weight excluding hydrogens is 525 g/mol. The third-order valence-electron chi connectivity index (χ3n) is 5.46. The molecule has 0 atom stereocenters. The maximum absolute atomic E-state index is 9.82. The van der Waals surface area contributed by atoms with Gasteiger partial charge in [-0.15, -0.1) is 22.7 Å². The van der Waals surface area contributed by atoms with Gasteiger partial charge in [0, 0.05) is 30.6 Å². The Kier molecular flexibility index (Phi) is 5.93. The molecule has 6 rings (SSSR count). The van der Waals surface area contributed by atoms with Crippen molar-refractivity contribution < 1.29 is 0 Å².